The van der Waals surface area contributed by atoms with Crippen LogP contribution in [-0.4, -0.2) is 34.3 Å². The number of benzene rings is 2. The van der Waals surface area contributed by atoms with Gasteiger partial charge in [0.05, 0.1) is 16.1 Å². The van der Waals surface area contributed by atoms with Crippen LogP contribution in [0.5, 0.6) is 0 Å². The van der Waals surface area contributed by atoms with Gasteiger partial charge in [-0.05, 0) is 30.3 Å². The summed E-state index contributed by atoms with van der Waals surface area (Å²) < 4.78 is 1.77. The molecule has 0 aliphatic carbocycles. The third-order valence-corrected chi connectivity index (χ3v) is 4.05. The monoisotopic (exact) mass is 359 g/mol. The quantitative estimate of drug-likeness (QED) is 0.505. The van der Waals surface area contributed by atoms with Crippen LogP contribution in [0.25, 0.3) is 16.7 Å². The molecule has 4 nitrogen and oxygen atoms in total. The Bertz CT molecular complexity index is 944. The van der Waals surface area contributed by atoms with Crippen LogP contribution in [0.15, 0.2) is 55.0 Å². The molecule has 1 heterocycles. The van der Waals surface area contributed by atoms with Crippen LogP contribution in [0, 0.1) is 0 Å². The van der Waals surface area contributed by atoms with E-state index in [1.165, 1.54) is 0 Å². The predicted octanol–water partition coefficient (Wildman–Crippen LogP) is 4.59. The van der Waals surface area contributed by atoms with Crippen LogP contribution in [-0.2, 0) is 0 Å². The minimum atomic E-state index is -0.200. The van der Waals surface area contributed by atoms with E-state index in [9.17, 15) is 4.79 Å². The minimum absolute atomic E-state index is 0.200. The Hall–Kier alpha value is -2.30. The van der Waals surface area contributed by atoms with Crippen LogP contribution < -0.4 is 0 Å². The van der Waals surface area contributed by atoms with E-state index < -0.39 is 0 Å². The Morgan fingerprint density at radius 3 is 2.62 bits per heavy atom. The van der Waals surface area contributed by atoms with Crippen LogP contribution >= 0.6 is 23.2 Å². The normalized spacial score (nSPS) is 11.8. The van der Waals surface area contributed by atoms with E-state index in [0.717, 1.165) is 11.0 Å². The fourth-order valence-corrected chi connectivity index (χ4v) is 2.93. The lowest BCUT2D eigenvalue weighted by molar-refractivity contribution is 0.105. The van der Waals surface area contributed by atoms with E-state index in [4.69, 9.17) is 23.2 Å². The number of aromatic nitrogens is 2. The minimum Gasteiger partial charge on any atom is -0.382 e. The zero-order valence-electron chi connectivity index (χ0n) is 13.2. The molecule has 0 amide bonds. The number of carbonyl (C=O) groups excluding carboxylic acids is 1. The number of nitrogens with zero attached hydrogens (tertiary/aromatic N) is 3. The molecule has 0 bridgehead atoms. The molecule has 0 N–H and O–H groups in total. The van der Waals surface area contributed by atoms with Gasteiger partial charge in [0.1, 0.15) is 12.0 Å². The van der Waals surface area contributed by atoms with Gasteiger partial charge in [0.15, 0.2) is 0 Å². The highest BCUT2D eigenvalue weighted by atomic mass is 35.5. The van der Waals surface area contributed by atoms with Crippen molar-refractivity contribution in [1.82, 2.24) is 14.5 Å². The predicted molar refractivity (Wildman–Crippen MR) is 98.5 cm³/mol. The van der Waals surface area contributed by atoms with Gasteiger partial charge in [0.25, 0.3) is 0 Å². The number of hydrogen-bond donors (Lipinski definition) is 0. The Labute approximate surface area is 149 Å². The lowest BCUT2D eigenvalue weighted by Crippen LogP contribution is -2.14. The van der Waals surface area contributed by atoms with Gasteiger partial charge in [-0.15, -0.1) is 0 Å². The van der Waals surface area contributed by atoms with Gasteiger partial charge in [-0.3, -0.25) is 9.36 Å². The number of ketones is 1. The first-order chi connectivity index (χ1) is 11.5. The van der Waals surface area contributed by atoms with E-state index in [1.807, 2.05) is 43.3 Å². The highest BCUT2D eigenvalue weighted by Crippen LogP contribution is 2.26. The summed E-state index contributed by atoms with van der Waals surface area (Å²) in [5.74, 6) is -0.200. The van der Waals surface area contributed by atoms with Crippen molar-refractivity contribution in [3.63, 3.8) is 0 Å². The summed E-state index contributed by atoms with van der Waals surface area (Å²) >= 11 is 12.1. The summed E-state index contributed by atoms with van der Waals surface area (Å²) in [6.45, 7) is 0. The second kappa shape index (κ2) is 6.67. The van der Waals surface area contributed by atoms with Gasteiger partial charge in [0, 0.05) is 30.9 Å². The number of allylic oxidation sites excluding steroid dienone is 1. The molecule has 3 aromatic rings. The second-order valence-electron chi connectivity index (χ2n) is 5.53. The first-order valence-electron chi connectivity index (χ1n) is 7.28. The Morgan fingerprint density at radius 2 is 1.92 bits per heavy atom. The maximum Gasteiger partial charge on any atom is 0.212 e. The molecule has 0 saturated carbocycles. The molecule has 0 unspecified atom stereocenters. The number of Topliss-reactive ketones (excluding diaryl/α,β-unsaturated/α-hetero) is 1. The molecule has 1 aromatic heterocycles. The average Bonchev–Trinajstić information content (AvgIpc) is 2.96. The summed E-state index contributed by atoms with van der Waals surface area (Å²) in [5.41, 5.74) is 2.52. The molecular formula is C18H15Cl2N3O. The van der Waals surface area contributed by atoms with Gasteiger partial charge in [-0.1, -0.05) is 35.3 Å². The van der Waals surface area contributed by atoms with E-state index >= 15 is 0 Å². The number of carbonyl (C=O) groups is 1. The van der Waals surface area contributed by atoms with Crippen molar-refractivity contribution in [2.45, 2.75) is 0 Å². The largest absolute Gasteiger partial charge is 0.382 e. The fraction of sp³-hybridized carbons (Fsp3) is 0.111. The lowest BCUT2D eigenvalue weighted by atomic mass is 10.1. The Balaban J connectivity index is 2.16. The van der Waals surface area contributed by atoms with E-state index in [2.05, 4.69) is 4.98 Å². The Kier molecular flexibility index (Phi) is 4.60. The molecule has 24 heavy (non-hydrogen) atoms. The van der Waals surface area contributed by atoms with Crippen molar-refractivity contribution in [1.29, 1.82) is 0 Å². The molecule has 0 spiro atoms. The first-order valence-corrected chi connectivity index (χ1v) is 8.03. The average molecular weight is 360 g/mol. The lowest BCUT2D eigenvalue weighted by Gasteiger charge is -2.14. The molecule has 0 radical (unpaired) electrons. The summed E-state index contributed by atoms with van der Waals surface area (Å²) in [6.07, 6.45) is 3.39. The van der Waals surface area contributed by atoms with Crippen molar-refractivity contribution in [3.8, 4) is 0 Å². The van der Waals surface area contributed by atoms with Gasteiger partial charge in [-0.25, -0.2) is 4.98 Å². The van der Waals surface area contributed by atoms with E-state index in [0.29, 0.717) is 21.3 Å². The summed E-state index contributed by atoms with van der Waals surface area (Å²) in [5, 5.41) is 0.810. The van der Waals surface area contributed by atoms with Gasteiger partial charge in [0.2, 0.25) is 5.78 Å². The summed E-state index contributed by atoms with van der Waals surface area (Å²) in [4.78, 5) is 19.3. The zero-order valence-corrected chi connectivity index (χ0v) is 14.7. The molecule has 0 aliphatic rings. The molecular weight excluding hydrogens is 345 g/mol. The Morgan fingerprint density at radius 1 is 1.17 bits per heavy atom. The van der Waals surface area contributed by atoms with Crippen molar-refractivity contribution in [3.05, 3.63) is 70.6 Å². The smallest absolute Gasteiger partial charge is 0.212 e. The van der Waals surface area contributed by atoms with Crippen LogP contribution in [0.4, 0.5) is 0 Å². The first kappa shape index (κ1) is 16.6. The second-order valence-corrected chi connectivity index (χ2v) is 6.38. The highest BCUT2D eigenvalue weighted by molar-refractivity contribution is 6.39. The molecule has 0 atom stereocenters. The van der Waals surface area contributed by atoms with Crippen molar-refractivity contribution in [2.24, 2.45) is 0 Å². The fourth-order valence-electron chi connectivity index (χ4n) is 2.44. The molecule has 122 valence electrons. The number of hydrogen-bond acceptors (Lipinski definition) is 3. The molecule has 2 aromatic carbocycles. The van der Waals surface area contributed by atoms with E-state index in [1.54, 1.807) is 35.3 Å². The number of para-hydroxylation sites is 2. The standard InChI is InChI=1S/C18H15Cl2N3O/c1-22(2)10-17(18(24)13-8-7-12(19)9-14(13)20)23-11-21-15-5-3-4-6-16(15)23/h3-11H,1-2H3/b17-10-. The number of fused-ring (bicyclic) bond motifs is 1. The van der Waals surface area contributed by atoms with Gasteiger partial charge < -0.3 is 4.90 Å². The topological polar surface area (TPSA) is 38.1 Å². The van der Waals surface area contributed by atoms with Crippen molar-refractivity contribution >= 4 is 45.7 Å². The van der Waals surface area contributed by atoms with Crippen molar-refractivity contribution < 1.29 is 4.79 Å². The third-order valence-electron chi connectivity index (χ3n) is 3.50. The van der Waals surface area contributed by atoms with Crippen molar-refractivity contribution in [2.75, 3.05) is 14.1 Å². The van der Waals surface area contributed by atoms with Crippen LogP contribution in [0.2, 0.25) is 10.0 Å². The summed E-state index contributed by atoms with van der Waals surface area (Å²) in [6, 6.07) is 12.5. The van der Waals surface area contributed by atoms with Crippen LogP contribution in [0.1, 0.15) is 10.4 Å². The molecule has 3 rings (SSSR count). The molecule has 6 heteroatoms. The van der Waals surface area contributed by atoms with Gasteiger partial charge in [-0.2, -0.15) is 0 Å². The van der Waals surface area contributed by atoms with Crippen LogP contribution in [0.3, 0.4) is 0 Å². The maximum absolute atomic E-state index is 13.1. The molecule has 0 fully saturated rings. The summed E-state index contributed by atoms with van der Waals surface area (Å²) in [7, 11) is 3.71. The number of imidazole rings is 1. The van der Waals surface area contributed by atoms with Gasteiger partial charge >= 0.3 is 0 Å². The molecule has 0 aliphatic heterocycles. The third kappa shape index (κ3) is 3.16. The number of halogens is 2. The number of rotatable bonds is 4. The van der Waals surface area contributed by atoms with E-state index in [-0.39, 0.29) is 5.78 Å². The highest BCUT2D eigenvalue weighted by Gasteiger charge is 2.19. The maximum atomic E-state index is 13.1. The zero-order chi connectivity index (χ0) is 17.3. The SMILES string of the molecule is CN(C)/C=C(/C(=O)c1ccc(Cl)cc1Cl)n1cnc2ccccc21. The molecule has 0 saturated heterocycles.